The molecule has 2 aromatic heterocycles. The van der Waals surface area contributed by atoms with E-state index in [9.17, 15) is 8.42 Å². The topological polar surface area (TPSA) is 98.5 Å². The summed E-state index contributed by atoms with van der Waals surface area (Å²) in [4.78, 5) is 0.829. The molecule has 0 aliphatic carbocycles. The predicted octanol–water partition coefficient (Wildman–Crippen LogP) is 1.33. The molecule has 3 aromatic rings. The van der Waals surface area contributed by atoms with Gasteiger partial charge in [-0.1, -0.05) is 11.3 Å². The fourth-order valence-electron chi connectivity index (χ4n) is 2.20. The molecule has 0 radical (unpaired) electrons. The predicted molar refractivity (Wildman–Crippen MR) is 90.0 cm³/mol. The lowest BCUT2D eigenvalue weighted by Crippen LogP contribution is -2.26. The number of aryl methyl sites for hydroxylation is 2. The molecule has 0 unspecified atom stereocenters. The summed E-state index contributed by atoms with van der Waals surface area (Å²) in [6, 6.07) is 3.35. The Balaban J connectivity index is 1.74. The molecular weight excluding hydrogens is 350 g/mol. The van der Waals surface area contributed by atoms with Crippen LogP contribution in [0, 0.1) is 13.8 Å². The van der Waals surface area contributed by atoms with Crippen molar-refractivity contribution in [3.8, 4) is 5.75 Å². The first-order chi connectivity index (χ1) is 11.4. The molecule has 1 N–H and O–H groups in total. The van der Waals surface area contributed by atoms with Gasteiger partial charge in [-0.25, -0.2) is 13.1 Å². The van der Waals surface area contributed by atoms with Crippen molar-refractivity contribution in [1.82, 2.24) is 24.5 Å². The van der Waals surface area contributed by atoms with Crippen molar-refractivity contribution < 1.29 is 13.2 Å². The largest absolute Gasteiger partial charge is 0.495 e. The summed E-state index contributed by atoms with van der Waals surface area (Å²) in [5.74, 6) is 0.337. The van der Waals surface area contributed by atoms with Gasteiger partial charge in [-0.2, -0.15) is 9.61 Å². The smallest absolute Gasteiger partial charge is 0.244 e. The van der Waals surface area contributed by atoms with E-state index in [4.69, 9.17) is 4.74 Å². The molecule has 0 spiro atoms. The van der Waals surface area contributed by atoms with Gasteiger partial charge < -0.3 is 4.74 Å². The minimum Gasteiger partial charge on any atom is -0.495 e. The van der Waals surface area contributed by atoms with Crippen molar-refractivity contribution >= 4 is 26.3 Å². The molecule has 2 heterocycles. The number of nitrogens with one attached hydrogen (secondary N) is 1. The van der Waals surface area contributed by atoms with Crippen molar-refractivity contribution in [1.29, 1.82) is 0 Å². The number of hydrogen-bond acceptors (Lipinski definition) is 7. The van der Waals surface area contributed by atoms with Crippen molar-refractivity contribution in [3.63, 3.8) is 0 Å². The second kappa shape index (κ2) is 6.46. The second-order valence-electron chi connectivity index (χ2n) is 5.29. The Morgan fingerprint density at radius 3 is 2.75 bits per heavy atom. The van der Waals surface area contributed by atoms with Gasteiger partial charge >= 0.3 is 0 Å². The molecule has 24 heavy (non-hydrogen) atoms. The van der Waals surface area contributed by atoms with Crippen LogP contribution in [0.15, 0.2) is 23.4 Å². The van der Waals surface area contributed by atoms with Gasteiger partial charge in [0.2, 0.25) is 15.0 Å². The number of sulfonamides is 1. The maximum atomic E-state index is 12.6. The van der Waals surface area contributed by atoms with Gasteiger partial charge in [0.25, 0.3) is 0 Å². The van der Waals surface area contributed by atoms with E-state index in [-0.39, 0.29) is 11.4 Å². The third kappa shape index (κ3) is 3.25. The minimum absolute atomic E-state index is 0.145. The third-order valence-corrected chi connectivity index (χ3v) is 6.08. The summed E-state index contributed by atoms with van der Waals surface area (Å²) in [7, 11) is -2.20. The van der Waals surface area contributed by atoms with Gasteiger partial charge in [0.15, 0.2) is 0 Å². The molecule has 10 heteroatoms. The lowest BCUT2D eigenvalue weighted by Gasteiger charge is -2.13. The van der Waals surface area contributed by atoms with Gasteiger partial charge in [0.1, 0.15) is 22.0 Å². The van der Waals surface area contributed by atoms with Gasteiger partial charge in [-0.3, -0.25) is 0 Å². The highest BCUT2D eigenvalue weighted by Crippen LogP contribution is 2.27. The van der Waals surface area contributed by atoms with Crippen LogP contribution in [0.4, 0.5) is 0 Å². The summed E-state index contributed by atoms with van der Waals surface area (Å²) < 4.78 is 34.5. The molecular formula is C14H17N5O3S2. The Kier molecular flexibility index (Phi) is 4.52. The van der Waals surface area contributed by atoms with Crippen LogP contribution in [0.25, 0.3) is 4.96 Å². The fourth-order valence-corrected chi connectivity index (χ4v) is 4.28. The first kappa shape index (κ1) is 16.8. The normalized spacial score (nSPS) is 12.0. The van der Waals surface area contributed by atoms with E-state index in [1.54, 1.807) is 16.6 Å². The van der Waals surface area contributed by atoms with Crippen molar-refractivity contribution in [2.45, 2.75) is 25.2 Å². The van der Waals surface area contributed by atoms with Crippen LogP contribution >= 0.6 is 11.3 Å². The standard InChI is InChI=1S/C14H17N5O3S2/c1-9-6-11(22-3)12(7-10(9)2)24(20,21)16-5-4-13-18-19-8-15-17-14(19)23-13/h6-8,16H,4-5H2,1-3H3. The van der Waals surface area contributed by atoms with E-state index >= 15 is 0 Å². The van der Waals surface area contributed by atoms with Crippen molar-refractivity contribution in [2.24, 2.45) is 0 Å². The van der Waals surface area contributed by atoms with Gasteiger partial charge in [-0.15, -0.1) is 10.2 Å². The van der Waals surface area contributed by atoms with Crippen molar-refractivity contribution in [3.05, 3.63) is 34.6 Å². The number of ether oxygens (including phenoxy) is 1. The number of aromatic nitrogens is 4. The van der Waals surface area contributed by atoms with E-state index in [0.717, 1.165) is 16.1 Å². The molecule has 0 saturated carbocycles. The number of hydrogen-bond donors (Lipinski definition) is 1. The summed E-state index contributed by atoms with van der Waals surface area (Å²) in [6.45, 7) is 4.02. The lowest BCUT2D eigenvalue weighted by molar-refractivity contribution is 0.402. The number of fused-ring (bicyclic) bond motifs is 1. The Labute approximate surface area is 143 Å². The monoisotopic (exact) mass is 367 g/mol. The molecule has 0 atom stereocenters. The summed E-state index contributed by atoms with van der Waals surface area (Å²) in [5, 5.41) is 12.7. The molecule has 0 saturated heterocycles. The molecule has 128 valence electrons. The van der Waals surface area contributed by atoms with Gasteiger partial charge in [0, 0.05) is 13.0 Å². The maximum Gasteiger partial charge on any atom is 0.244 e. The molecule has 0 aliphatic rings. The van der Waals surface area contributed by atoms with Gasteiger partial charge in [-0.05, 0) is 37.1 Å². The molecule has 1 aromatic carbocycles. The molecule has 8 nitrogen and oxygen atoms in total. The number of benzene rings is 1. The van der Waals surface area contributed by atoms with Gasteiger partial charge in [0.05, 0.1) is 7.11 Å². The van der Waals surface area contributed by atoms with E-state index in [0.29, 0.717) is 17.1 Å². The van der Waals surface area contributed by atoms with E-state index in [1.165, 1.54) is 24.8 Å². The van der Waals surface area contributed by atoms with Crippen LogP contribution in [0.1, 0.15) is 16.1 Å². The zero-order chi connectivity index (χ0) is 17.3. The number of nitrogens with zero attached hydrogens (tertiary/aromatic N) is 4. The maximum absolute atomic E-state index is 12.6. The number of methoxy groups -OCH3 is 1. The highest BCUT2D eigenvalue weighted by Gasteiger charge is 2.20. The third-order valence-electron chi connectivity index (χ3n) is 3.63. The minimum atomic E-state index is -3.66. The molecule has 0 aliphatic heterocycles. The van der Waals surface area contributed by atoms with Crippen LogP contribution in [-0.4, -0.2) is 41.9 Å². The van der Waals surface area contributed by atoms with Crippen LogP contribution in [0.3, 0.4) is 0 Å². The first-order valence-corrected chi connectivity index (χ1v) is 9.51. The van der Waals surface area contributed by atoms with E-state index in [1.807, 2.05) is 13.8 Å². The molecule has 3 rings (SSSR count). The van der Waals surface area contributed by atoms with Crippen LogP contribution in [-0.2, 0) is 16.4 Å². The van der Waals surface area contributed by atoms with E-state index in [2.05, 4.69) is 20.0 Å². The van der Waals surface area contributed by atoms with Crippen LogP contribution in [0.2, 0.25) is 0 Å². The molecule has 0 amide bonds. The van der Waals surface area contributed by atoms with E-state index < -0.39 is 10.0 Å². The Morgan fingerprint density at radius 1 is 1.29 bits per heavy atom. The highest BCUT2D eigenvalue weighted by molar-refractivity contribution is 7.89. The SMILES string of the molecule is COc1cc(C)c(C)cc1S(=O)(=O)NCCc1nn2cnnc2s1. The Morgan fingerprint density at radius 2 is 2.04 bits per heavy atom. The van der Waals surface area contributed by atoms with Crippen LogP contribution < -0.4 is 9.46 Å². The number of rotatable bonds is 6. The Hall–Kier alpha value is -2.04. The zero-order valence-corrected chi connectivity index (χ0v) is 15.1. The summed E-state index contributed by atoms with van der Waals surface area (Å²) in [5.41, 5.74) is 1.87. The summed E-state index contributed by atoms with van der Waals surface area (Å²) >= 11 is 1.38. The highest BCUT2D eigenvalue weighted by atomic mass is 32.2. The first-order valence-electron chi connectivity index (χ1n) is 7.21. The Bertz CT molecular complexity index is 949. The quantitative estimate of drug-likeness (QED) is 0.706. The molecule has 0 bridgehead atoms. The zero-order valence-electron chi connectivity index (χ0n) is 13.5. The fraction of sp³-hybridized carbons (Fsp3) is 0.357. The average Bonchev–Trinajstić information content (AvgIpc) is 3.10. The average molecular weight is 367 g/mol. The van der Waals surface area contributed by atoms with Crippen LogP contribution in [0.5, 0.6) is 5.75 Å². The van der Waals surface area contributed by atoms with Crippen molar-refractivity contribution in [2.75, 3.05) is 13.7 Å². The lowest BCUT2D eigenvalue weighted by atomic mass is 10.1. The molecule has 0 fully saturated rings. The second-order valence-corrected chi connectivity index (χ2v) is 8.06. The summed E-state index contributed by atoms with van der Waals surface area (Å²) in [6.07, 6.45) is 1.99.